The molecule has 294 valence electrons. The van der Waals surface area contributed by atoms with Crippen molar-refractivity contribution < 1.29 is 43.3 Å². The summed E-state index contributed by atoms with van der Waals surface area (Å²) >= 11 is 0. The molecule has 3 aromatic rings. The van der Waals surface area contributed by atoms with Crippen LogP contribution in [0.15, 0.2) is 66.2 Å². The molecule has 0 spiro atoms. The lowest BCUT2D eigenvalue weighted by Crippen LogP contribution is -2.56. The lowest BCUT2D eigenvalue weighted by atomic mass is 9.83. The van der Waals surface area contributed by atoms with Gasteiger partial charge in [0.1, 0.15) is 35.7 Å². The summed E-state index contributed by atoms with van der Waals surface area (Å²) in [5, 5.41) is 18.8. The number of methoxy groups -OCH3 is 2. The zero-order valence-corrected chi connectivity index (χ0v) is 32.1. The summed E-state index contributed by atoms with van der Waals surface area (Å²) in [5.74, 6) is -4.10. The number of pyridine rings is 1. The van der Waals surface area contributed by atoms with Crippen molar-refractivity contribution in [2.45, 2.75) is 96.4 Å². The van der Waals surface area contributed by atoms with Crippen molar-refractivity contribution in [3.8, 4) is 22.8 Å². The van der Waals surface area contributed by atoms with Crippen molar-refractivity contribution in [2.75, 3.05) is 14.2 Å². The first-order valence-corrected chi connectivity index (χ1v) is 19.1. The third-order valence-corrected chi connectivity index (χ3v) is 10.4. The SMILES string of the molecule is CCC[C@H](NC(=O)[C@H]1CC(Oc2cc(-c3ccccc3)nc3cc(OC)ccc23)C=C1C(=O)N[C@H](C(=O)N[C@H](C(=O)OC)C1CCCCC1)C(C)C)C(=O)O. The average Bonchev–Trinajstić information content (AvgIpc) is 3.62. The Hall–Kier alpha value is -5.46. The summed E-state index contributed by atoms with van der Waals surface area (Å²) in [7, 11) is 2.85. The predicted molar refractivity (Wildman–Crippen MR) is 206 cm³/mol. The van der Waals surface area contributed by atoms with Crippen LogP contribution in [-0.4, -0.2) is 78.2 Å². The molecule has 0 radical (unpaired) electrons. The van der Waals surface area contributed by atoms with Gasteiger partial charge in [-0.3, -0.25) is 14.4 Å². The molecule has 2 aliphatic rings. The number of rotatable bonds is 16. The van der Waals surface area contributed by atoms with E-state index in [0.717, 1.165) is 37.7 Å². The first kappa shape index (κ1) is 40.7. The molecular formula is C42H52N4O9. The topological polar surface area (TPSA) is 182 Å². The first-order chi connectivity index (χ1) is 26.4. The molecule has 0 bridgehead atoms. The van der Waals surface area contributed by atoms with E-state index >= 15 is 0 Å². The van der Waals surface area contributed by atoms with Crippen molar-refractivity contribution >= 4 is 40.6 Å². The molecular weight excluding hydrogens is 704 g/mol. The smallest absolute Gasteiger partial charge is 0.328 e. The van der Waals surface area contributed by atoms with Crippen LogP contribution >= 0.6 is 0 Å². The van der Waals surface area contributed by atoms with Gasteiger partial charge in [-0.15, -0.1) is 0 Å². The molecule has 5 rings (SSSR count). The maximum absolute atomic E-state index is 14.2. The Morgan fingerprint density at radius 1 is 0.927 bits per heavy atom. The van der Waals surface area contributed by atoms with E-state index in [9.17, 15) is 29.1 Å². The van der Waals surface area contributed by atoms with E-state index in [-0.39, 0.29) is 24.3 Å². The van der Waals surface area contributed by atoms with Crippen LogP contribution in [0.1, 0.15) is 72.1 Å². The normalized spacial score (nSPS) is 18.8. The van der Waals surface area contributed by atoms with Crippen molar-refractivity contribution in [2.24, 2.45) is 17.8 Å². The van der Waals surface area contributed by atoms with Gasteiger partial charge in [0, 0.05) is 35.1 Å². The van der Waals surface area contributed by atoms with Gasteiger partial charge in [0.25, 0.3) is 0 Å². The highest BCUT2D eigenvalue weighted by molar-refractivity contribution is 6.03. The number of aromatic nitrogens is 1. The van der Waals surface area contributed by atoms with Crippen LogP contribution in [-0.2, 0) is 28.7 Å². The number of hydrogen-bond acceptors (Lipinski definition) is 9. The highest BCUT2D eigenvalue weighted by Gasteiger charge is 2.40. The highest BCUT2D eigenvalue weighted by atomic mass is 16.5. The number of carboxylic acid groups (broad SMARTS) is 1. The van der Waals surface area contributed by atoms with Crippen LogP contribution in [0.2, 0.25) is 0 Å². The zero-order valence-electron chi connectivity index (χ0n) is 32.1. The van der Waals surface area contributed by atoms with Crippen LogP contribution in [0, 0.1) is 17.8 Å². The van der Waals surface area contributed by atoms with Crippen LogP contribution in [0.3, 0.4) is 0 Å². The standard InChI is InChI=1S/C42H52N4O9/c1-6-13-32(41(50)51)44-38(47)30-20-28(55-35-23-33(25-14-9-7-10-15-25)43-34-22-27(53-4)18-19-29(34)35)21-31(30)39(48)45-36(24(2)3)40(49)46-37(42(52)54-5)26-16-11-8-12-17-26/h7,9-10,14-15,18-19,21-24,26,28,30,32,36-37H,6,8,11-13,16-17,20H2,1-5H3,(H,44,47)(H,45,48)(H,46,49)(H,50,51)/t28?,30-,32-,36-,37-/m0/s1. The molecule has 2 aromatic carbocycles. The van der Waals surface area contributed by atoms with Gasteiger partial charge in [-0.2, -0.15) is 0 Å². The van der Waals surface area contributed by atoms with E-state index in [2.05, 4.69) is 16.0 Å². The number of esters is 1. The number of fused-ring (bicyclic) bond motifs is 1. The summed E-state index contributed by atoms with van der Waals surface area (Å²) in [4.78, 5) is 71.5. The van der Waals surface area contributed by atoms with Gasteiger partial charge in [0.05, 0.1) is 31.3 Å². The van der Waals surface area contributed by atoms with Crippen LogP contribution in [0.25, 0.3) is 22.2 Å². The Labute approximate surface area is 321 Å². The monoisotopic (exact) mass is 756 g/mol. The van der Waals surface area contributed by atoms with Gasteiger partial charge < -0.3 is 35.3 Å². The molecule has 13 nitrogen and oxygen atoms in total. The Kier molecular flexibility index (Phi) is 13.9. The second kappa shape index (κ2) is 18.7. The molecule has 0 saturated heterocycles. The summed E-state index contributed by atoms with van der Waals surface area (Å²) in [6, 6.07) is 13.7. The fourth-order valence-electron chi connectivity index (χ4n) is 7.41. The maximum Gasteiger partial charge on any atom is 0.328 e. The van der Waals surface area contributed by atoms with Gasteiger partial charge in [0.2, 0.25) is 17.7 Å². The second-order valence-corrected chi connectivity index (χ2v) is 14.6. The number of carbonyl (C=O) groups excluding carboxylic acids is 4. The second-order valence-electron chi connectivity index (χ2n) is 14.6. The predicted octanol–water partition coefficient (Wildman–Crippen LogP) is 5.35. The number of ether oxygens (including phenoxy) is 3. The van der Waals surface area contributed by atoms with Crippen molar-refractivity contribution in [3.63, 3.8) is 0 Å². The largest absolute Gasteiger partial charge is 0.497 e. The van der Waals surface area contributed by atoms with E-state index in [1.165, 1.54) is 7.11 Å². The zero-order chi connectivity index (χ0) is 39.6. The molecule has 1 heterocycles. The van der Waals surface area contributed by atoms with Crippen molar-refractivity contribution in [1.29, 1.82) is 0 Å². The van der Waals surface area contributed by atoms with Crippen molar-refractivity contribution in [3.05, 3.63) is 66.2 Å². The molecule has 5 atom stereocenters. The maximum atomic E-state index is 14.2. The number of amides is 3. The van der Waals surface area contributed by atoms with E-state index in [0.29, 0.717) is 34.5 Å². The highest BCUT2D eigenvalue weighted by Crippen LogP contribution is 2.36. The number of nitrogens with one attached hydrogen (secondary N) is 3. The van der Waals surface area contributed by atoms with E-state index in [1.54, 1.807) is 45.2 Å². The molecule has 1 saturated carbocycles. The molecule has 0 aliphatic heterocycles. The Balaban J connectivity index is 1.46. The number of carbonyl (C=O) groups is 5. The fraction of sp³-hybridized carbons (Fsp3) is 0.476. The summed E-state index contributed by atoms with van der Waals surface area (Å²) < 4.78 is 17.1. The van der Waals surface area contributed by atoms with E-state index in [4.69, 9.17) is 19.2 Å². The minimum absolute atomic E-state index is 0.0261. The van der Waals surface area contributed by atoms with E-state index < -0.39 is 65.7 Å². The minimum atomic E-state index is -1.18. The minimum Gasteiger partial charge on any atom is -0.497 e. The molecule has 2 aliphatic carbocycles. The van der Waals surface area contributed by atoms with Gasteiger partial charge in [-0.05, 0) is 49.3 Å². The molecule has 1 unspecified atom stereocenters. The van der Waals surface area contributed by atoms with E-state index in [1.807, 2.05) is 43.3 Å². The Morgan fingerprint density at radius 2 is 1.65 bits per heavy atom. The van der Waals surface area contributed by atoms with Crippen molar-refractivity contribution in [1.82, 2.24) is 20.9 Å². The number of carboxylic acids is 1. The van der Waals surface area contributed by atoms with Crippen LogP contribution < -0.4 is 25.4 Å². The third-order valence-electron chi connectivity index (χ3n) is 10.4. The molecule has 4 N–H and O–H groups in total. The number of benzene rings is 2. The summed E-state index contributed by atoms with van der Waals surface area (Å²) in [6.45, 7) is 5.36. The molecule has 1 fully saturated rings. The Bertz CT molecular complexity index is 1890. The summed E-state index contributed by atoms with van der Waals surface area (Å²) in [5.41, 5.74) is 2.14. The number of hydrogen-bond donors (Lipinski definition) is 4. The summed E-state index contributed by atoms with van der Waals surface area (Å²) in [6.07, 6.45) is 5.99. The van der Waals surface area contributed by atoms with Crippen LogP contribution in [0.5, 0.6) is 11.5 Å². The van der Waals surface area contributed by atoms with Gasteiger partial charge in [-0.25, -0.2) is 14.6 Å². The third kappa shape index (κ3) is 10.00. The molecule has 55 heavy (non-hydrogen) atoms. The fourth-order valence-corrected chi connectivity index (χ4v) is 7.41. The quantitative estimate of drug-likeness (QED) is 0.139. The van der Waals surface area contributed by atoms with Gasteiger partial charge >= 0.3 is 11.9 Å². The Morgan fingerprint density at radius 3 is 2.29 bits per heavy atom. The molecule has 3 amide bonds. The van der Waals surface area contributed by atoms with Gasteiger partial charge in [0.15, 0.2) is 0 Å². The van der Waals surface area contributed by atoms with Gasteiger partial charge in [-0.1, -0.05) is 76.8 Å². The molecule has 1 aromatic heterocycles. The van der Waals surface area contributed by atoms with Crippen LogP contribution in [0.4, 0.5) is 0 Å². The molecule has 13 heteroatoms. The lowest BCUT2D eigenvalue weighted by molar-refractivity contribution is -0.147. The average molecular weight is 757 g/mol. The number of nitrogens with zero attached hydrogens (tertiary/aromatic N) is 1. The number of aliphatic carboxylic acids is 1. The lowest BCUT2D eigenvalue weighted by Gasteiger charge is -2.31. The first-order valence-electron chi connectivity index (χ1n) is 19.1.